The maximum absolute atomic E-state index is 13.0. The highest BCUT2D eigenvalue weighted by atomic mass is 35.5. The lowest BCUT2D eigenvalue weighted by Crippen LogP contribution is -2.05. The quantitative estimate of drug-likeness (QED) is 0.583. The van der Waals surface area contributed by atoms with Crippen LogP contribution in [0.4, 0.5) is 0 Å². The van der Waals surface area contributed by atoms with Gasteiger partial charge in [-0.05, 0) is 48.5 Å². The van der Waals surface area contributed by atoms with Gasteiger partial charge >= 0.3 is 0 Å². The van der Waals surface area contributed by atoms with Crippen LogP contribution in [0.1, 0.15) is 21.5 Å². The van der Waals surface area contributed by atoms with Gasteiger partial charge in [0.2, 0.25) is 0 Å². The zero-order valence-electron chi connectivity index (χ0n) is 15.8. The third-order valence-electron chi connectivity index (χ3n) is 3.92. The predicted octanol–water partition coefficient (Wildman–Crippen LogP) is 4.44. The summed E-state index contributed by atoms with van der Waals surface area (Å²) in [6.07, 6.45) is 4.34. The van der Waals surface area contributed by atoms with Crippen molar-refractivity contribution < 1.29 is 13.7 Å². The third kappa shape index (κ3) is 5.44. The van der Waals surface area contributed by atoms with Crippen molar-refractivity contribution in [2.24, 2.45) is 4.36 Å². The van der Waals surface area contributed by atoms with Crippen LogP contribution in [0.15, 0.2) is 76.2 Å². The molecule has 0 radical (unpaired) electrons. The summed E-state index contributed by atoms with van der Waals surface area (Å²) < 4.78 is 22.0. The summed E-state index contributed by atoms with van der Waals surface area (Å²) in [5.74, 6) is 5.85. The molecule has 0 fully saturated rings. The largest absolute Gasteiger partial charge is 0.497 e. The summed E-state index contributed by atoms with van der Waals surface area (Å²) >= 11 is 5.86. The third-order valence-corrected chi connectivity index (χ3v) is 5.81. The van der Waals surface area contributed by atoms with Crippen LogP contribution in [0.25, 0.3) is 0 Å². The van der Waals surface area contributed by atoms with E-state index in [9.17, 15) is 9.00 Å². The number of hydrogen-bond donors (Lipinski definition) is 0. The van der Waals surface area contributed by atoms with E-state index in [0.717, 1.165) is 5.56 Å². The van der Waals surface area contributed by atoms with Crippen LogP contribution >= 0.6 is 11.6 Å². The van der Waals surface area contributed by atoms with Crippen molar-refractivity contribution in [2.45, 2.75) is 4.90 Å². The Morgan fingerprint density at radius 3 is 2.52 bits per heavy atom. The number of carbonyl (C=O) groups is 1. The van der Waals surface area contributed by atoms with Gasteiger partial charge in [0, 0.05) is 34.8 Å². The molecule has 3 aromatic rings. The summed E-state index contributed by atoms with van der Waals surface area (Å²) in [6.45, 7) is 0. The zero-order chi connectivity index (χ0) is 20.9. The maximum atomic E-state index is 13.0. The molecule has 0 spiro atoms. The highest BCUT2D eigenvalue weighted by molar-refractivity contribution is 7.93. The summed E-state index contributed by atoms with van der Waals surface area (Å²) in [6, 6.07) is 15.3. The molecule has 29 heavy (non-hydrogen) atoms. The minimum atomic E-state index is -2.94. The molecule has 0 saturated carbocycles. The normalized spacial score (nSPS) is 12.2. The lowest BCUT2D eigenvalue weighted by atomic mass is 10.2. The number of halogens is 1. The molecule has 2 aromatic carbocycles. The van der Waals surface area contributed by atoms with Gasteiger partial charge in [-0.3, -0.25) is 9.78 Å². The number of hydrogen-bond acceptors (Lipinski definition) is 4. The Morgan fingerprint density at radius 1 is 1.07 bits per heavy atom. The Balaban J connectivity index is 1.88. The van der Waals surface area contributed by atoms with E-state index in [1.807, 2.05) is 0 Å². The van der Waals surface area contributed by atoms with E-state index >= 15 is 0 Å². The van der Waals surface area contributed by atoms with Crippen molar-refractivity contribution in [3.63, 3.8) is 0 Å². The fourth-order valence-electron chi connectivity index (χ4n) is 2.40. The molecule has 5 nitrogen and oxygen atoms in total. The lowest BCUT2D eigenvalue weighted by molar-refractivity contribution is 0.100. The Hall–Kier alpha value is -3.14. The van der Waals surface area contributed by atoms with Crippen LogP contribution in [-0.2, 0) is 9.73 Å². The first-order valence-electron chi connectivity index (χ1n) is 8.50. The maximum Gasteiger partial charge on any atom is 0.286 e. The minimum Gasteiger partial charge on any atom is -0.497 e. The van der Waals surface area contributed by atoms with Crippen LogP contribution in [0.3, 0.4) is 0 Å². The summed E-state index contributed by atoms with van der Waals surface area (Å²) in [4.78, 5) is 17.0. The molecule has 146 valence electrons. The highest BCUT2D eigenvalue weighted by Gasteiger charge is 2.13. The molecule has 7 heteroatoms. The SMILES string of the molecule is COc1cccc(S(C)(=O)=NC(=O)c2cncc(C#Cc3ccc(Cl)cc3)c2)c1. The minimum absolute atomic E-state index is 0.213. The van der Waals surface area contributed by atoms with Gasteiger partial charge in [0.05, 0.1) is 27.3 Å². The van der Waals surface area contributed by atoms with Gasteiger partial charge < -0.3 is 4.74 Å². The van der Waals surface area contributed by atoms with E-state index in [0.29, 0.717) is 21.2 Å². The first-order chi connectivity index (χ1) is 13.9. The monoisotopic (exact) mass is 424 g/mol. The number of methoxy groups -OCH3 is 1. The first-order valence-corrected chi connectivity index (χ1v) is 10.8. The molecule has 0 saturated heterocycles. The topological polar surface area (TPSA) is 68.6 Å². The van der Waals surface area contributed by atoms with Gasteiger partial charge in [0.15, 0.2) is 0 Å². The number of aromatic nitrogens is 1. The smallest absolute Gasteiger partial charge is 0.286 e. The van der Waals surface area contributed by atoms with Crippen molar-refractivity contribution in [1.82, 2.24) is 4.98 Å². The first kappa shape index (κ1) is 20.6. The van der Waals surface area contributed by atoms with Gasteiger partial charge in [0.25, 0.3) is 5.91 Å². The molecule has 0 N–H and O–H groups in total. The number of rotatable bonds is 3. The van der Waals surface area contributed by atoms with Crippen LogP contribution in [-0.4, -0.2) is 28.5 Å². The van der Waals surface area contributed by atoms with E-state index in [-0.39, 0.29) is 5.56 Å². The second-order valence-electron chi connectivity index (χ2n) is 6.10. The van der Waals surface area contributed by atoms with Crippen molar-refractivity contribution in [3.05, 3.63) is 88.7 Å². The number of carbonyl (C=O) groups excluding carboxylic acids is 1. The summed E-state index contributed by atoms with van der Waals surface area (Å²) in [5.41, 5.74) is 1.54. The average Bonchev–Trinajstić information content (AvgIpc) is 2.73. The molecule has 1 atom stereocenters. The highest BCUT2D eigenvalue weighted by Crippen LogP contribution is 2.19. The number of nitrogens with zero attached hydrogens (tertiary/aromatic N) is 2. The van der Waals surface area contributed by atoms with Crippen LogP contribution in [0.5, 0.6) is 5.75 Å². The molecule has 0 aliphatic heterocycles. The molecular weight excluding hydrogens is 408 g/mol. The molecule has 1 aromatic heterocycles. The van der Waals surface area contributed by atoms with E-state index < -0.39 is 15.6 Å². The summed E-state index contributed by atoms with van der Waals surface area (Å²) in [5, 5.41) is 0.630. The predicted molar refractivity (Wildman–Crippen MR) is 114 cm³/mol. The van der Waals surface area contributed by atoms with E-state index in [4.69, 9.17) is 16.3 Å². The molecule has 1 heterocycles. The van der Waals surface area contributed by atoms with E-state index in [2.05, 4.69) is 21.2 Å². The van der Waals surface area contributed by atoms with E-state index in [1.165, 1.54) is 19.6 Å². The van der Waals surface area contributed by atoms with Gasteiger partial charge in [-0.15, -0.1) is 0 Å². The fraction of sp³-hybridized carbons (Fsp3) is 0.0909. The lowest BCUT2D eigenvalue weighted by Gasteiger charge is -2.06. The van der Waals surface area contributed by atoms with Gasteiger partial charge in [-0.1, -0.05) is 29.5 Å². The Kier molecular flexibility index (Phi) is 6.32. The van der Waals surface area contributed by atoms with Crippen LogP contribution in [0.2, 0.25) is 5.02 Å². The number of benzene rings is 2. The standard InChI is InChI=1S/C22H17ClN2O3S/c1-28-20-4-3-5-21(13-20)29(2,27)25-22(26)18-12-17(14-24-15-18)7-6-16-8-10-19(23)11-9-16/h3-5,8-15H,1-2H3. The van der Waals surface area contributed by atoms with Gasteiger partial charge in [-0.2, -0.15) is 4.36 Å². The van der Waals surface area contributed by atoms with Crippen molar-refractivity contribution in [3.8, 4) is 17.6 Å². The number of amides is 1. The second-order valence-corrected chi connectivity index (χ2v) is 8.79. The molecule has 0 bridgehead atoms. The molecule has 0 aliphatic carbocycles. The van der Waals surface area contributed by atoms with E-state index in [1.54, 1.807) is 60.8 Å². The van der Waals surface area contributed by atoms with Crippen molar-refractivity contribution >= 4 is 27.2 Å². The zero-order valence-corrected chi connectivity index (χ0v) is 17.3. The van der Waals surface area contributed by atoms with Crippen molar-refractivity contribution in [1.29, 1.82) is 0 Å². The molecule has 3 rings (SSSR count). The Labute approximate surface area is 174 Å². The second kappa shape index (κ2) is 8.91. The van der Waals surface area contributed by atoms with Gasteiger partial charge in [0.1, 0.15) is 5.75 Å². The van der Waals surface area contributed by atoms with Crippen molar-refractivity contribution in [2.75, 3.05) is 13.4 Å². The average molecular weight is 425 g/mol. The van der Waals surface area contributed by atoms with Gasteiger partial charge in [-0.25, -0.2) is 4.21 Å². The number of ether oxygens (including phenoxy) is 1. The molecular formula is C22H17ClN2O3S. The van der Waals surface area contributed by atoms with Crippen LogP contribution < -0.4 is 4.74 Å². The number of pyridine rings is 1. The fourth-order valence-corrected chi connectivity index (χ4v) is 3.72. The Bertz CT molecular complexity index is 1230. The molecule has 1 unspecified atom stereocenters. The summed E-state index contributed by atoms with van der Waals surface area (Å²) in [7, 11) is -1.43. The van der Waals surface area contributed by atoms with Crippen LogP contribution in [0, 0.1) is 11.8 Å². The molecule has 0 aliphatic rings. The Morgan fingerprint density at radius 2 is 1.79 bits per heavy atom. The molecule has 1 amide bonds.